The van der Waals surface area contributed by atoms with Crippen LogP contribution in [0.5, 0.6) is 0 Å². The molecule has 2 rings (SSSR count). The minimum Gasteiger partial charge on any atom is -0.299 e. The molecule has 0 aliphatic rings. The van der Waals surface area contributed by atoms with Crippen molar-refractivity contribution in [3.05, 3.63) is 34.3 Å². The van der Waals surface area contributed by atoms with E-state index in [1.165, 1.54) is 29.5 Å². The summed E-state index contributed by atoms with van der Waals surface area (Å²) in [5.41, 5.74) is 0. The van der Waals surface area contributed by atoms with Crippen LogP contribution in [0.3, 0.4) is 0 Å². The molecule has 1 unspecified atom stereocenters. The van der Waals surface area contributed by atoms with Crippen LogP contribution < -0.4 is 10.0 Å². The summed E-state index contributed by atoms with van der Waals surface area (Å²) in [6.45, 7) is 5.44. The predicted molar refractivity (Wildman–Crippen MR) is 98.3 cm³/mol. The lowest BCUT2D eigenvalue weighted by Crippen LogP contribution is -2.47. The first-order chi connectivity index (χ1) is 11.7. The van der Waals surface area contributed by atoms with Crippen molar-refractivity contribution in [1.82, 2.24) is 14.9 Å². The Morgan fingerprint density at radius 3 is 2.60 bits per heavy atom. The third-order valence-electron chi connectivity index (χ3n) is 3.34. The van der Waals surface area contributed by atoms with Crippen molar-refractivity contribution in [2.24, 2.45) is 5.92 Å². The largest absolute Gasteiger partial charge is 0.299 e. The molecule has 2 aromatic rings. The number of amides is 1. The number of sulfonamides is 1. The number of hydrogen-bond donors (Lipinski definition) is 2. The van der Waals surface area contributed by atoms with E-state index in [1.54, 1.807) is 19.9 Å². The SMILES string of the molecule is CCc1nnc(NC(=O)C(NS(=O)(=O)c2cccc(Cl)c2)C(C)C)s1. The summed E-state index contributed by atoms with van der Waals surface area (Å²) in [4.78, 5) is 12.5. The van der Waals surface area contributed by atoms with E-state index in [2.05, 4.69) is 20.2 Å². The van der Waals surface area contributed by atoms with Gasteiger partial charge in [-0.2, -0.15) is 4.72 Å². The Bertz CT molecular complexity index is 852. The molecule has 1 aromatic heterocycles. The number of aryl methyl sites for hydroxylation is 1. The first-order valence-corrected chi connectivity index (χ1v) is 10.3. The molecule has 7 nitrogen and oxygen atoms in total. The van der Waals surface area contributed by atoms with Crippen LogP contribution >= 0.6 is 22.9 Å². The number of carbonyl (C=O) groups is 1. The molecule has 136 valence electrons. The summed E-state index contributed by atoms with van der Waals surface area (Å²) in [6, 6.07) is 4.90. The van der Waals surface area contributed by atoms with Gasteiger partial charge in [0, 0.05) is 5.02 Å². The third-order valence-corrected chi connectivity index (χ3v) is 5.99. The third kappa shape index (κ3) is 5.21. The number of hydrogen-bond acceptors (Lipinski definition) is 6. The highest BCUT2D eigenvalue weighted by Gasteiger charge is 2.29. The van der Waals surface area contributed by atoms with Crippen molar-refractivity contribution in [2.75, 3.05) is 5.32 Å². The van der Waals surface area contributed by atoms with E-state index in [4.69, 9.17) is 11.6 Å². The van der Waals surface area contributed by atoms with Crippen molar-refractivity contribution in [1.29, 1.82) is 0 Å². The number of halogens is 1. The van der Waals surface area contributed by atoms with Crippen molar-refractivity contribution in [3.63, 3.8) is 0 Å². The Labute approximate surface area is 155 Å². The molecule has 0 fully saturated rings. The number of nitrogens with zero attached hydrogens (tertiary/aromatic N) is 2. The molecule has 2 N–H and O–H groups in total. The number of aromatic nitrogens is 2. The summed E-state index contributed by atoms with van der Waals surface area (Å²) in [7, 11) is -3.89. The molecule has 0 saturated heterocycles. The van der Waals surface area contributed by atoms with Gasteiger partial charge >= 0.3 is 0 Å². The van der Waals surface area contributed by atoms with Crippen LogP contribution in [0.2, 0.25) is 5.02 Å². The fraction of sp³-hybridized carbons (Fsp3) is 0.400. The topological polar surface area (TPSA) is 101 Å². The molecule has 1 atom stereocenters. The van der Waals surface area contributed by atoms with E-state index in [0.717, 1.165) is 5.01 Å². The van der Waals surface area contributed by atoms with Crippen LogP contribution in [-0.2, 0) is 21.2 Å². The van der Waals surface area contributed by atoms with Crippen molar-refractivity contribution in [3.8, 4) is 0 Å². The summed E-state index contributed by atoms with van der Waals surface area (Å²) >= 11 is 7.11. The van der Waals surface area contributed by atoms with E-state index in [-0.39, 0.29) is 10.8 Å². The van der Waals surface area contributed by atoms with Gasteiger partial charge in [-0.25, -0.2) is 8.42 Å². The monoisotopic (exact) mass is 402 g/mol. The van der Waals surface area contributed by atoms with Crippen LogP contribution in [0, 0.1) is 5.92 Å². The quantitative estimate of drug-likeness (QED) is 0.741. The van der Waals surface area contributed by atoms with Crippen LogP contribution in [0.15, 0.2) is 29.2 Å². The van der Waals surface area contributed by atoms with Gasteiger partial charge in [0.1, 0.15) is 11.0 Å². The zero-order valence-corrected chi connectivity index (χ0v) is 16.4. The highest BCUT2D eigenvalue weighted by Crippen LogP contribution is 2.19. The second-order valence-corrected chi connectivity index (χ2v) is 8.86. The van der Waals surface area contributed by atoms with Crippen LogP contribution in [0.25, 0.3) is 0 Å². The summed E-state index contributed by atoms with van der Waals surface area (Å²) < 4.78 is 27.5. The zero-order chi connectivity index (χ0) is 18.6. The molecule has 1 aromatic carbocycles. The summed E-state index contributed by atoms with van der Waals surface area (Å²) in [5, 5.41) is 11.8. The van der Waals surface area contributed by atoms with Crippen molar-refractivity contribution < 1.29 is 13.2 Å². The van der Waals surface area contributed by atoms with Crippen LogP contribution in [-0.4, -0.2) is 30.6 Å². The standard InChI is InChI=1S/C15H19ClN4O3S2/c1-4-12-18-19-15(24-12)17-14(21)13(9(2)3)20-25(22,23)11-7-5-6-10(16)8-11/h5-9,13,20H,4H2,1-3H3,(H,17,19,21). The summed E-state index contributed by atoms with van der Waals surface area (Å²) in [6.07, 6.45) is 0.711. The van der Waals surface area contributed by atoms with E-state index in [9.17, 15) is 13.2 Å². The van der Waals surface area contributed by atoms with Gasteiger partial charge < -0.3 is 0 Å². The average molecular weight is 403 g/mol. The molecule has 0 aliphatic carbocycles. The number of rotatable bonds is 7. The lowest BCUT2D eigenvalue weighted by Gasteiger charge is -2.21. The van der Waals surface area contributed by atoms with E-state index in [0.29, 0.717) is 16.6 Å². The zero-order valence-electron chi connectivity index (χ0n) is 14.0. The van der Waals surface area contributed by atoms with Gasteiger partial charge in [0.15, 0.2) is 0 Å². The molecule has 25 heavy (non-hydrogen) atoms. The number of anilines is 1. The molecule has 0 radical (unpaired) electrons. The van der Waals surface area contributed by atoms with E-state index >= 15 is 0 Å². The van der Waals surface area contributed by atoms with Gasteiger partial charge in [-0.1, -0.05) is 49.8 Å². The van der Waals surface area contributed by atoms with Crippen molar-refractivity contribution >= 4 is 44.0 Å². The maximum Gasteiger partial charge on any atom is 0.244 e. The Kier molecular flexibility index (Phi) is 6.50. The maximum absolute atomic E-state index is 12.5. The van der Waals surface area contributed by atoms with Gasteiger partial charge in [-0.3, -0.25) is 10.1 Å². The van der Waals surface area contributed by atoms with Gasteiger partial charge in [0.2, 0.25) is 21.1 Å². The second kappa shape index (κ2) is 8.22. The maximum atomic E-state index is 12.5. The second-order valence-electron chi connectivity index (χ2n) is 5.64. The minimum atomic E-state index is -3.89. The number of nitrogens with one attached hydrogen (secondary N) is 2. The molecule has 0 saturated carbocycles. The molecule has 0 aliphatic heterocycles. The van der Waals surface area contributed by atoms with Gasteiger partial charge in [0.25, 0.3) is 0 Å². The fourth-order valence-electron chi connectivity index (χ4n) is 1.99. The summed E-state index contributed by atoms with van der Waals surface area (Å²) in [5.74, 6) is -0.757. The molecule has 10 heteroatoms. The molecule has 1 amide bonds. The number of carbonyl (C=O) groups excluding carboxylic acids is 1. The average Bonchev–Trinajstić information content (AvgIpc) is 3.00. The molecule has 1 heterocycles. The Hall–Kier alpha value is -1.55. The molecular weight excluding hydrogens is 384 g/mol. The lowest BCUT2D eigenvalue weighted by atomic mass is 10.1. The molecule has 0 bridgehead atoms. The normalized spacial score (nSPS) is 13.0. The number of benzene rings is 1. The minimum absolute atomic E-state index is 0.00244. The van der Waals surface area contributed by atoms with Gasteiger partial charge in [-0.05, 0) is 30.5 Å². The Morgan fingerprint density at radius 1 is 1.32 bits per heavy atom. The van der Waals surface area contributed by atoms with Crippen LogP contribution in [0.1, 0.15) is 25.8 Å². The van der Waals surface area contributed by atoms with Gasteiger partial charge in [-0.15, -0.1) is 10.2 Å². The molecular formula is C15H19ClN4O3S2. The fourth-order valence-corrected chi connectivity index (χ4v) is 4.32. The van der Waals surface area contributed by atoms with E-state index < -0.39 is 22.0 Å². The lowest BCUT2D eigenvalue weighted by molar-refractivity contribution is -0.118. The van der Waals surface area contributed by atoms with Gasteiger partial charge in [0.05, 0.1) is 4.90 Å². The Balaban J connectivity index is 2.18. The Morgan fingerprint density at radius 2 is 2.04 bits per heavy atom. The molecule has 0 spiro atoms. The first kappa shape index (κ1) is 19.8. The predicted octanol–water partition coefficient (Wildman–Crippen LogP) is 2.70. The van der Waals surface area contributed by atoms with E-state index in [1.807, 2.05) is 6.92 Å². The highest BCUT2D eigenvalue weighted by molar-refractivity contribution is 7.89. The van der Waals surface area contributed by atoms with Crippen molar-refractivity contribution in [2.45, 2.75) is 38.1 Å². The highest BCUT2D eigenvalue weighted by atomic mass is 35.5. The smallest absolute Gasteiger partial charge is 0.244 e. The van der Waals surface area contributed by atoms with Crippen LogP contribution in [0.4, 0.5) is 5.13 Å². The first-order valence-electron chi connectivity index (χ1n) is 7.64.